The maximum atomic E-state index is 11.6. The lowest BCUT2D eigenvalue weighted by Gasteiger charge is -1.96. The van der Waals surface area contributed by atoms with E-state index >= 15 is 0 Å². The van der Waals surface area contributed by atoms with E-state index in [9.17, 15) is 4.79 Å². The summed E-state index contributed by atoms with van der Waals surface area (Å²) in [6.45, 7) is 1.76. The van der Waals surface area contributed by atoms with Crippen LogP contribution in [0.25, 0.3) is 0 Å². The Balaban J connectivity index is 2.10. The lowest BCUT2D eigenvalue weighted by molar-refractivity contribution is 0.102. The van der Waals surface area contributed by atoms with Gasteiger partial charge in [0, 0.05) is 23.4 Å². The quantitative estimate of drug-likeness (QED) is 0.707. The molecule has 1 amide bonds. The van der Waals surface area contributed by atoms with Crippen molar-refractivity contribution >= 4 is 28.3 Å². The summed E-state index contributed by atoms with van der Waals surface area (Å²) in [7, 11) is 0. The fraction of sp³-hybridized carbons (Fsp3) is 0.125. The number of carbonyl (C=O) groups is 1. The van der Waals surface area contributed by atoms with E-state index in [4.69, 9.17) is 5.73 Å². The van der Waals surface area contributed by atoms with E-state index < -0.39 is 0 Å². The Morgan fingerprint density at radius 1 is 1.67 bits per heavy atom. The van der Waals surface area contributed by atoms with Gasteiger partial charge in [0.15, 0.2) is 0 Å². The maximum Gasteiger partial charge on any atom is 0.273 e. The number of rotatable bonds is 2. The number of nitrogens with zero attached hydrogens (tertiary/aromatic N) is 2. The Kier molecular flexibility index (Phi) is 2.38. The molecule has 0 saturated carbocycles. The number of nitrogen functional groups attached to an aromatic ring is 1. The van der Waals surface area contributed by atoms with E-state index in [1.807, 2.05) is 0 Å². The molecule has 0 aliphatic rings. The molecular weight excluding hydrogens is 214 g/mol. The first-order valence-corrected chi connectivity index (χ1v) is 4.98. The van der Waals surface area contributed by atoms with Crippen molar-refractivity contribution in [1.29, 1.82) is 0 Å². The predicted octanol–water partition coefficient (Wildman–Crippen LogP) is 1.01. The van der Waals surface area contributed by atoms with Crippen LogP contribution in [0.15, 0.2) is 12.3 Å². The van der Waals surface area contributed by atoms with Crippen molar-refractivity contribution in [3.05, 3.63) is 23.8 Å². The molecule has 0 aliphatic heterocycles. The van der Waals surface area contributed by atoms with Crippen LogP contribution >= 0.6 is 11.5 Å². The lowest BCUT2D eigenvalue weighted by atomic mass is 10.4. The van der Waals surface area contributed by atoms with Crippen LogP contribution < -0.4 is 11.1 Å². The van der Waals surface area contributed by atoms with Crippen LogP contribution in [0.1, 0.15) is 16.3 Å². The molecule has 0 radical (unpaired) electrons. The summed E-state index contributed by atoms with van der Waals surface area (Å²) in [6.07, 6.45) is 1.56. The summed E-state index contributed by atoms with van der Waals surface area (Å²) in [5.74, 6) is 0.365. The van der Waals surface area contributed by atoms with Crippen LogP contribution in [0, 0.1) is 6.92 Å². The number of aryl methyl sites for hydroxylation is 1. The largest absolute Gasteiger partial charge is 0.397 e. The summed E-state index contributed by atoms with van der Waals surface area (Å²) >= 11 is 1.14. The van der Waals surface area contributed by atoms with Gasteiger partial charge in [0.05, 0.1) is 0 Å². The molecule has 4 N–H and O–H groups in total. The number of hydrogen-bond acceptors (Lipinski definition) is 5. The van der Waals surface area contributed by atoms with Gasteiger partial charge in [-0.1, -0.05) is 0 Å². The number of amides is 1. The van der Waals surface area contributed by atoms with E-state index in [2.05, 4.69) is 19.7 Å². The molecule has 0 fully saturated rings. The van der Waals surface area contributed by atoms with Gasteiger partial charge >= 0.3 is 0 Å². The molecule has 2 heterocycles. The number of anilines is 2. The Bertz CT molecular complexity index is 489. The summed E-state index contributed by atoms with van der Waals surface area (Å²) in [6, 6.07) is 1.56. The molecule has 78 valence electrons. The first-order valence-electron chi connectivity index (χ1n) is 4.21. The van der Waals surface area contributed by atoms with E-state index in [-0.39, 0.29) is 5.91 Å². The second-order valence-corrected chi connectivity index (χ2v) is 3.70. The van der Waals surface area contributed by atoms with Crippen molar-refractivity contribution in [2.75, 3.05) is 11.1 Å². The van der Waals surface area contributed by atoms with Crippen molar-refractivity contribution in [2.24, 2.45) is 0 Å². The third-order valence-corrected chi connectivity index (χ3v) is 2.42. The summed E-state index contributed by atoms with van der Waals surface area (Å²) < 4.78 is 3.95. The zero-order chi connectivity index (χ0) is 10.8. The van der Waals surface area contributed by atoms with Crippen molar-refractivity contribution in [1.82, 2.24) is 14.3 Å². The number of aromatic nitrogens is 3. The molecule has 7 heteroatoms. The molecule has 0 atom stereocenters. The van der Waals surface area contributed by atoms with Gasteiger partial charge in [0.25, 0.3) is 5.91 Å². The normalized spacial score (nSPS) is 10.2. The molecule has 15 heavy (non-hydrogen) atoms. The van der Waals surface area contributed by atoms with Crippen LogP contribution in [0.4, 0.5) is 10.8 Å². The van der Waals surface area contributed by atoms with Gasteiger partial charge in [0.1, 0.15) is 11.5 Å². The van der Waals surface area contributed by atoms with Crippen molar-refractivity contribution in [3.63, 3.8) is 0 Å². The van der Waals surface area contributed by atoms with E-state index in [0.29, 0.717) is 22.3 Å². The Hall–Kier alpha value is -1.89. The number of H-pyrrole nitrogens is 1. The first kappa shape index (κ1) is 9.66. The summed E-state index contributed by atoms with van der Waals surface area (Å²) in [5, 5.41) is 3.09. The van der Waals surface area contributed by atoms with Gasteiger partial charge < -0.3 is 10.7 Å². The Labute approximate surface area is 89.7 Å². The fourth-order valence-electron chi connectivity index (χ4n) is 1.05. The number of nitrogens with two attached hydrogens (primary N) is 1. The molecule has 0 aromatic carbocycles. The predicted molar refractivity (Wildman–Crippen MR) is 57.8 cm³/mol. The zero-order valence-corrected chi connectivity index (χ0v) is 8.76. The van der Waals surface area contributed by atoms with Gasteiger partial charge in [-0.15, -0.1) is 0 Å². The highest BCUT2D eigenvalue weighted by Crippen LogP contribution is 2.12. The van der Waals surface area contributed by atoms with Crippen molar-refractivity contribution in [3.8, 4) is 0 Å². The second-order valence-electron chi connectivity index (χ2n) is 2.95. The van der Waals surface area contributed by atoms with Gasteiger partial charge in [-0.25, -0.2) is 4.98 Å². The highest BCUT2D eigenvalue weighted by atomic mass is 32.1. The Morgan fingerprint density at radius 2 is 2.47 bits per heavy atom. The number of nitrogens with one attached hydrogen (secondary N) is 2. The van der Waals surface area contributed by atoms with Gasteiger partial charge in [-0.3, -0.25) is 10.1 Å². The fourth-order valence-corrected chi connectivity index (χ4v) is 1.63. The molecule has 2 aromatic rings. The number of aromatic amines is 1. The highest BCUT2D eigenvalue weighted by molar-refractivity contribution is 7.09. The minimum atomic E-state index is -0.275. The standard InChI is InChI=1S/C8H9N5OS/c1-4-11-8(15-13-4)12-7(14)6-2-5(9)3-10-6/h2-3,10H,9H2,1H3,(H,11,12,13,14). The maximum absolute atomic E-state index is 11.6. The topological polar surface area (TPSA) is 96.7 Å². The number of carbonyl (C=O) groups excluding carboxylic acids is 1. The molecule has 0 aliphatic carbocycles. The molecule has 6 nitrogen and oxygen atoms in total. The third-order valence-electron chi connectivity index (χ3n) is 1.70. The van der Waals surface area contributed by atoms with E-state index in [1.165, 1.54) is 0 Å². The molecule has 0 spiro atoms. The summed E-state index contributed by atoms with van der Waals surface area (Å²) in [5.41, 5.74) is 6.40. The average Bonchev–Trinajstić information content (AvgIpc) is 2.75. The smallest absolute Gasteiger partial charge is 0.273 e. The lowest BCUT2D eigenvalue weighted by Crippen LogP contribution is -2.11. The second kappa shape index (κ2) is 3.70. The van der Waals surface area contributed by atoms with Crippen LogP contribution in [0.2, 0.25) is 0 Å². The van der Waals surface area contributed by atoms with Crippen molar-refractivity contribution in [2.45, 2.75) is 6.92 Å². The number of hydrogen-bond donors (Lipinski definition) is 3. The van der Waals surface area contributed by atoms with E-state index in [1.54, 1.807) is 19.2 Å². The molecular formula is C8H9N5OS. The molecule has 2 aromatic heterocycles. The molecule has 0 saturated heterocycles. The van der Waals surface area contributed by atoms with Gasteiger partial charge in [-0.2, -0.15) is 4.37 Å². The van der Waals surface area contributed by atoms with Crippen LogP contribution in [-0.2, 0) is 0 Å². The van der Waals surface area contributed by atoms with E-state index in [0.717, 1.165) is 11.5 Å². The SMILES string of the molecule is Cc1nsc(NC(=O)c2cc(N)c[nH]2)n1. The average molecular weight is 223 g/mol. The van der Waals surface area contributed by atoms with Crippen LogP contribution in [-0.4, -0.2) is 20.2 Å². The molecule has 2 rings (SSSR count). The van der Waals surface area contributed by atoms with Crippen LogP contribution in [0.3, 0.4) is 0 Å². The Morgan fingerprint density at radius 3 is 3.00 bits per heavy atom. The first-order chi connectivity index (χ1) is 7.15. The van der Waals surface area contributed by atoms with Gasteiger partial charge in [-0.05, 0) is 13.0 Å². The minimum absolute atomic E-state index is 0.275. The highest BCUT2D eigenvalue weighted by Gasteiger charge is 2.10. The van der Waals surface area contributed by atoms with Crippen LogP contribution in [0.5, 0.6) is 0 Å². The van der Waals surface area contributed by atoms with Gasteiger partial charge in [0.2, 0.25) is 5.13 Å². The molecule has 0 unspecified atom stereocenters. The van der Waals surface area contributed by atoms with Crippen molar-refractivity contribution < 1.29 is 4.79 Å². The minimum Gasteiger partial charge on any atom is -0.397 e. The zero-order valence-electron chi connectivity index (χ0n) is 7.94. The monoisotopic (exact) mass is 223 g/mol. The molecule has 0 bridgehead atoms. The third kappa shape index (κ3) is 2.13. The summed E-state index contributed by atoms with van der Waals surface area (Å²) in [4.78, 5) is 18.3.